The van der Waals surface area contributed by atoms with Gasteiger partial charge in [-0.3, -0.25) is 4.79 Å². The highest BCUT2D eigenvalue weighted by molar-refractivity contribution is 5.92. The minimum Gasteiger partial charge on any atom is -0.480 e. The Hall–Kier alpha value is -3.35. The lowest BCUT2D eigenvalue weighted by molar-refractivity contribution is -0.150. The fourth-order valence-electron chi connectivity index (χ4n) is 4.57. The summed E-state index contributed by atoms with van der Waals surface area (Å²) < 4.78 is 5.53. The summed E-state index contributed by atoms with van der Waals surface area (Å²) in [5, 5.41) is 12.0. The van der Waals surface area contributed by atoms with Crippen LogP contribution in [0.25, 0.3) is 11.1 Å². The first kappa shape index (κ1) is 20.9. The molecule has 31 heavy (non-hydrogen) atoms. The molecule has 2 amide bonds. The zero-order valence-electron chi connectivity index (χ0n) is 17.6. The molecule has 1 atom stereocenters. The standard InChI is InChI=1S/C24H26N2O5/c1-24(2,22(29)26-13-7-12-20(26)21(27)28)25-23(30)31-14-19-17-10-5-3-8-15(17)16-9-4-6-11-18(16)19/h3-6,8-11,19-20H,7,12-14H2,1-2H3,(H,25,30)(H,27,28)/t20-/m1/s1. The van der Waals surface area contributed by atoms with E-state index in [1.807, 2.05) is 36.4 Å². The highest BCUT2D eigenvalue weighted by atomic mass is 16.5. The van der Waals surface area contributed by atoms with Crippen molar-refractivity contribution >= 4 is 18.0 Å². The minimum atomic E-state index is -1.28. The van der Waals surface area contributed by atoms with Crippen LogP contribution in [-0.4, -0.2) is 52.7 Å². The lowest BCUT2D eigenvalue weighted by atomic mass is 9.98. The van der Waals surface area contributed by atoms with Crippen molar-refractivity contribution in [2.24, 2.45) is 0 Å². The van der Waals surface area contributed by atoms with Gasteiger partial charge in [0.2, 0.25) is 5.91 Å². The smallest absolute Gasteiger partial charge is 0.408 e. The van der Waals surface area contributed by atoms with Crippen LogP contribution < -0.4 is 5.32 Å². The number of likely N-dealkylation sites (tertiary alicyclic amines) is 1. The van der Waals surface area contributed by atoms with Gasteiger partial charge in [-0.2, -0.15) is 0 Å². The SMILES string of the molecule is CC(C)(NC(=O)OCC1c2ccccc2-c2ccccc21)C(=O)N1CCC[C@@H]1C(=O)O. The number of hydrogen-bond donors (Lipinski definition) is 2. The van der Waals surface area contributed by atoms with Crippen molar-refractivity contribution in [1.82, 2.24) is 10.2 Å². The number of benzene rings is 2. The van der Waals surface area contributed by atoms with Gasteiger partial charge in [0, 0.05) is 12.5 Å². The largest absolute Gasteiger partial charge is 0.480 e. The molecule has 0 radical (unpaired) electrons. The molecule has 1 aliphatic heterocycles. The molecule has 0 saturated carbocycles. The van der Waals surface area contributed by atoms with Gasteiger partial charge < -0.3 is 20.1 Å². The Balaban J connectivity index is 1.42. The Morgan fingerprint density at radius 2 is 1.65 bits per heavy atom. The van der Waals surface area contributed by atoms with Gasteiger partial charge in [-0.25, -0.2) is 9.59 Å². The fraction of sp³-hybridized carbons (Fsp3) is 0.375. The summed E-state index contributed by atoms with van der Waals surface area (Å²) in [7, 11) is 0. The molecule has 7 heteroatoms. The number of carboxylic acid groups (broad SMARTS) is 1. The summed E-state index contributed by atoms with van der Waals surface area (Å²) in [6, 6.07) is 15.3. The van der Waals surface area contributed by atoms with Gasteiger partial charge in [0.15, 0.2) is 0 Å². The highest BCUT2D eigenvalue weighted by Crippen LogP contribution is 2.44. The molecule has 4 rings (SSSR count). The van der Waals surface area contributed by atoms with Gasteiger partial charge in [-0.1, -0.05) is 48.5 Å². The van der Waals surface area contributed by atoms with Crippen molar-refractivity contribution in [2.45, 2.75) is 44.2 Å². The third-order valence-electron chi connectivity index (χ3n) is 6.09. The molecule has 7 nitrogen and oxygen atoms in total. The van der Waals surface area contributed by atoms with Crippen molar-refractivity contribution in [1.29, 1.82) is 0 Å². The van der Waals surface area contributed by atoms with E-state index < -0.39 is 29.6 Å². The maximum Gasteiger partial charge on any atom is 0.408 e. The molecule has 162 valence electrons. The van der Waals surface area contributed by atoms with Gasteiger partial charge in [0.1, 0.15) is 18.2 Å². The number of fused-ring (bicyclic) bond motifs is 3. The van der Waals surface area contributed by atoms with E-state index in [0.717, 1.165) is 22.3 Å². The monoisotopic (exact) mass is 422 g/mol. The molecule has 2 N–H and O–H groups in total. The Morgan fingerprint density at radius 3 is 2.23 bits per heavy atom. The molecule has 2 aliphatic rings. The average molecular weight is 422 g/mol. The Kier molecular flexibility index (Phi) is 5.43. The number of amides is 2. The van der Waals surface area contributed by atoms with Crippen molar-refractivity contribution < 1.29 is 24.2 Å². The molecule has 0 aromatic heterocycles. The number of nitrogens with zero attached hydrogens (tertiary/aromatic N) is 1. The van der Waals surface area contributed by atoms with Crippen LogP contribution in [0.4, 0.5) is 4.79 Å². The van der Waals surface area contributed by atoms with Gasteiger partial charge in [-0.15, -0.1) is 0 Å². The van der Waals surface area contributed by atoms with E-state index in [9.17, 15) is 19.5 Å². The van der Waals surface area contributed by atoms with Gasteiger partial charge >= 0.3 is 12.1 Å². The first-order valence-electron chi connectivity index (χ1n) is 10.5. The van der Waals surface area contributed by atoms with Crippen molar-refractivity contribution in [2.75, 3.05) is 13.2 Å². The quantitative estimate of drug-likeness (QED) is 0.770. The number of alkyl carbamates (subject to hydrolysis) is 1. The molecule has 2 aromatic rings. The number of rotatable bonds is 5. The second kappa shape index (κ2) is 8.06. The predicted octanol–water partition coefficient (Wildman–Crippen LogP) is 3.38. The molecule has 1 fully saturated rings. The van der Waals surface area contributed by atoms with Crippen LogP contribution in [0.2, 0.25) is 0 Å². The number of carbonyl (C=O) groups is 3. The van der Waals surface area contributed by atoms with Crippen LogP contribution in [-0.2, 0) is 14.3 Å². The van der Waals surface area contributed by atoms with Gasteiger partial charge in [-0.05, 0) is 48.9 Å². The lowest BCUT2D eigenvalue weighted by Gasteiger charge is -2.32. The molecule has 1 heterocycles. The van der Waals surface area contributed by atoms with E-state index in [4.69, 9.17) is 4.74 Å². The predicted molar refractivity (Wildman–Crippen MR) is 115 cm³/mol. The summed E-state index contributed by atoms with van der Waals surface area (Å²) in [5.41, 5.74) is 3.20. The summed E-state index contributed by atoms with van der Waals surface area (Å²) in [4.78, 5) is 38.2. The summed E-state index contributed by atoms with van der Waals surface area (Å²) >= 11 is 0. The fourth-order valence-corrected chi connectivity index (χ4v) is 4.57. The maximum absolute atomic E-state index is 12.9. The van der Waals surface area contributed by atoms with Gasteiger partial charge in [0.25, 0.3) is 0 Å². The highest BCUT2D eigenvalue weighted by Gasteiger charge is 2.42. The Bertz CT molecular complexity index is 987. The first-order chi connectivity index (χ1) is 14.8. The van der Waals surface area contributed by atoms with E-state index in [1.54, 1.807) is 13.8 Å². The normalized spacial score (nSPS) is 17.7. The maximum atomic E-state index is 12.9. The molecule has 0 bridgehead atoms. The zero-order valence-corrected chi connectivity index (χ0v) is 17.6. The van der Waals surface area contributed by atoms with Crippen molar-refractivity contribution in [3.8, 4) is 11.1 Å². The third kappa shape index (κ3) is 3.87. The van der Waals surface area contributed by atoms with Crippen molar-refractivity contribution in [3.05, 3.63) is 59.7 Å². The lowest BCUT2D eigenvalue weighted by Crippen LogP contribution is -2.58. The number of aliphatic carboxylic acids is 1. The van der Waals surface area contributed by atoms with E-state index in [-0.39, 0.29) is 12.5 Å². The minimum absolute atomic E-state index is 0.0769. The zero-order chi connectivity index (χ0) is 22.2. The van der Waals surface area contributed by atoms with Crippen LogP contribution in [0.1, 0.15) is 43.7 Å². The summed E-state index contributed by atoms with van der Waals surface area (Å²) in [5.74, 6) is -1.53. The first-order valence-corrected chi connectivity index (χ1v) is 10.5. The van der Waals surface area contributed by atoms with Crippen molar-refractivity contribution in [3.63, 3.8) is 0 Å². The number of nitrogens with one attached hydrogen (secondary N) is 1. The van der Waals surface area contributed by atoms with Crippen LogP contribution >= 0.6 is 0 Å². The van der Waals surface area contributed by atoms with Crippen LogP contribution in [0.5, 0.6) is 0 Å². The topological polar surface area (TPSA) is 95.9 Å². The molecule has 0 spiro atoms. The molecule has 0 unspecified atom stereocenters. The molecule has 1 saturated heterocycles. The van der Waals surface area contributed by atoms with Crippen LogP contribution in [0, 0.1) is 0 Å². The Morgan fingerprint density at radius 1 is 1.06 bits per heavy atom. The van der Waals surface area contributed by atoms with E-state index in [2.05, 4.69) is 17.4 Å². The third-order valence-corrected chi connectivity index (χ3v) is 6.09. The average Bonchev–Trinajstić information content (AvgIpc) is 3.35. The Labute approximate surface area is 181 Å². The number of carbonyl (C=O) groups excluding carboxylic acids is 2. The van der Waals surface area contributed by atoms with Gasteiger partial charge in [0.05, 0.1) is 0 Å². The van der Waals surface area contributed by atoms with Crippen LogP contribution in [0.3, 0.4) is 0 Å². The number of hydrogen-bond acceptors (Lipinski definition) is 4. The number of ether oxygens (including phenoxy) is 1. The van der Waals surface area contributed by atoms with E-state index in [1.165, 1.54) is 4.90 Å². The molecule has 2 aromatic carbocycles. The van der Waals surface area contributed by atoms with E-state index >= 15 is 0 Å². The van der Waals surface area contributed by atoms with Crippen LogP contribution in [0.15, 0.2) is 48.5 Å². The molecular formula is C24H26N2O5. The molecular weight excluding hydrogens is 396 g/mol. The summed E-state index contributed by atoms with van der Waals surface area (Å²) in [6.07, 6.45) is 0.345. The van der Waals surface area contributed by atoms with E-state index in [0.29, 0.717) is 19.4 Å². The number of carboxylic acids is 1. The summed E-state index contributed by atoms with van der Waals surface area (Å²) in [6.45, 7) is 3.64. The second-order valence-electron chi connectivity index (χ2n) is 8.57. The molecule has 1 aliphatic carbocycles. The second-order valence-corrected chi connectivity index (χ2v) is 8.57.